The van der Waals surface area contributed by atoms with Crippen LogP contribution in [0.4, 0.5) is 0 Å². The summed E-state index contributed by atoms with van der Waals surface area (Å²) in [6.45, 7) is 3.18. The Kier molecular flexibility index (Phi) is 7.16. The lowest BCUT2D eigenvalue weighted by atomic mass is 9.75. The summed E-state index contributed by atoms with van der Waals surface area (Å²) in [5, 5.41) is 10.1. The van der Waals surface area contributed by atoms with Crippen molar-refractivity contribution in [2.24, 2.45) is 11.3 Å². The zero-order chi connectivity index (χ0) is 21.7. The van der Waals surface area contributed by atoms with Gasteiger partial charge in [-0.2, -0.15) is 0 Å². The summed E-state index contributed by atoms with van der Waals surface area (Å²) in [7, 11) is 0. The molecular weight excluding hydrogens is 392 g/mol. The highest BCUT2D eigenvalue weighted by Crippen LogP contribution is 2.37. The number of aliphatic hydroxyl groups is 1. The van der Waals surface area contributed by atoms with Crippen molar-refractivity contribution in [3.8, 4) is 5.75 Å². The fourth-order valence-electron chi connectivity index (χ4n) is 5.44. The quantitative estimate of drug-likeness (QED) is 0.783. The van der Waals surface area contributed by atoms with E-state index in [-0.39, 0.29) is 29.8 Å². The van der Waals surface area contributed by atoms with Crippen LogP contribution in [0.25, 0.3) is 0 Å². The van der Waals surface area contributed by atoms with E-state index in [2.05, 4.69) is 0 Å². The molecule has 0 atom stereocenters. The molecule has 1 aromatic carbocycles. The van der Waals surface area contributed by atoms with Gasteiger partial charge in [0.25, 0.3) is 5.91 Å². The number of hydrogen-bond donors (Lipinski definition) is 1. The molecule has 1 aliphatic carbocycles. The van der Waals surface area contributed by atoms with E-state index in [4.69, 9.17) is 4.74 Å². The number of carbonyl (C=O) groups is 2. The molecular formula is C25H36N2O4. The highest BCUT2D eigenvalue weighted by atomic mass is 16.5. The van der Waals surface area contributed by atoms with Gasteiger partial charge in [-0.15, -0.1) is 0 Å². The lowest BCUT2D eigenvalue weighted by Crippen LogP contribution is -2.44. The van der Waals surface area contributed by atoms with Crippen LogP contribution in [0.5, 0.6) is 5.75 Å². The van der Waals surface area contributed by atoms with Crippen LogP contribution in [-0.2, 0) is 4.79 Å². The summed E-state index contributed by atoms with van der Waals surface area (Å²) in [6.07, 6.45) is 8.81. The molecule has 2 bridgehead atoms. The van der Waals surface area contributed by atoms with Gasteiger partial charge in [0.05, 0.1) is 12.1 Å². The van der Waals surface area contributed by atoms with Crippen molar-refractivity contribution in [3.05, 3.63) is 29.8 Å². The summed E-state index contributed by atoms with van der Waals surface area (Å²) in [5.74, 6) is 1.01. The van der Waals surface area contributed by atoms with Crippen LogP contribution in [-0.4, -0.2) is 66.1 Å². The fourth-order valence-corrected chi connectivity index (χ4v) is 5.44. The molecule has 1 aromatic rings. The van der Waals surface area contributed by atoms with Crippen molar-refractivity contribution >= 4 is 11.8 Å². The molecule has 0 unspecified atom stereocenters. The average molecular weight is 429 g/mol. The molecule has 1 saturated heterocycles. The first-order chi connectivity index (χ1) is 15.1. The molecule has 2 fully saturated rings. The summed E-state index contributed by atoms with van der Waals surface area (Å²) in [6, 6.07) is 7.42. The third-order valence-electron chi connectivity index (χ3n) is 7.58. The first-order valence-electron chi connectivity index (χ1n) is 12.0. The number of rotatable bonds is 2. The van der Waals surface area contributed by atoms with Gasteiger partial charge >= 0.3 is 0 Å². The zero-order valence-corrected chi connectivity index (χ0v) is 18.6. The molecule has 3 heterocycles. The predicted molar refractivity (Wildman–Crippen MR) is 119 cm³/mol. The monoisotopic (exact) mass is 428 g/mol. The molecule has 31 heavy (non-hydrogen) atoms. The fraction of sp³-hybridized carbons (Fsp3) is 0.680. The third kappa shape index (κ3) is 5.05. The molecule has 1 N–H and O–H groups in total. The molecule has 0 spiro atoms. The number of ether oxygens (including phenoxy) is 1. The Bertz CT molecular complexity index is 767. The summed E-state index contributed by atoms with van der Waals surface area (Å²) >= 11 is 0. The number of nitrogens with zero attached hydrogens (tertiary/aromatic N) is 2. The lowest BCUT2D eigenvalue weighted by molar-refractivity contribution is -0.135. The Morgan fingerprint density at radius 1 is 1.00 bits per heavy atom. The number of carbonyl (C=O) groups excluding carboxylic acids is 2. The number of amides is 2. The SMILES string of the molecule is O=C1c2ccccc2OCCN(C(=O)C2CCCC2)CCCCC2(CO)CCN1CC2. The van der Waals surface area contributed by atoms with Gasteiger partial charge in [-0.25, -0.2) is 0 Å². The summed E-state index contributed by atoms with van der Waals surface area (Å²) in [4.78, 5) is 30.2. The molecule has 0 radical (unpaired) electrons. The number of piperidine rings is 1. The van der Waals surface area contributed by atoms with Gasteiger partial charge in [-0.05, 0) is 56.1 Å². The number of fused-ring (bicyclic) bond motifs is 9. The van der Waals surface area contributed by atoms with Crippen molar-refractivity contribution in [2.45, 2.75) is 57.8 Å². The first-order valence-corrected chi connectivity index (χ1v) is 12.0. The van der Waals surface area contributed by atoms with E-state index in [0.29, 0.717) is 37.6 Å². The molecule has 1 saturated carbocycles. The molecule has 3 aliphatic heterocycles. The highest BCUT2D eigenvalue weighted by Gasteiger charge is 2.36. The molecule has 6 heteroatoms. The maximum atomic E-state index is 13.2. The van der Waals surface area contributed by atoms with Crippen molar-refractivity contribution in [2.75, 3.05) is 39.4 Å². The number of hydrogen-bond acceptors (Lipinski definition) is 4. The van der Waals surface area contributed by atoms with Crippen LogP contribution in [0.2, 0.25) is 0 Å². The number of para-hydroxylation sites is 1. The topological polar surface area (TPSA) is 70.1 Å². The Morgan fingerprint density at radius 2 is 1.74 bits per heavy atom. The lowest BCUT2D eigenvalue weighted by Gasteiger charge is -2.41. The van der Waals surface area contributed by atoms with Gasteiger partial charge in [-0.1, -0.05) is 31.4 Å². The maximum absolute atomic E-state index is 13.2. The van der Waals surface area contributed by atoms with Gasteiger partial charge in [0.2, 0.25) is 5.91 Å². The molecule has 2 amide bonds. The minimum Gasteiger partial charge on any atom is -0.491 e. The number of benzene rings is 1. The Morgan fingerprint density at radius 3 is 2.48 bits per heavy atom. The first kappa shape index (κ1) is 22.1. The Hall–Kier alpha value is -2.08. The van der Waals surface area contributed by atoms with E-state index in [0.717, 1.165) is 64.3 Å². The standard InChI is InChI=1S/C25H36N2O4/c28-19-25-11-5-6-14-26(23(29)20-7-1-2-8-20)17-18-31-22-10-4-3-9-21(22)24(30)27(15-12-25)16-13-25/h3-4,9-10,20,28H,1-2,5-8,11-19H2. The number of aliphatic hydroxyl groups excluding tert-OH is 1. The molecule has 6 nitrogen and oxygen atoms in total. The second-order valence-corrected chi connectivity index (χ2v) is 9.56. The van der Waals surface area contributed by atoms with Gasteiger partial charge in [0, 0.05) is 32.2 Å². The second kappa shape index (κ2) is 10.0. The summed E-state index contributed by atoms with van der Waals surface area (Å²) in [5.41, 5.74) is 0.482. The van der Waals surface area contributed by atoms with E-state index in [1.807, 2.05) is 34.1 Å². The maximum Gasteiger partial charge on any atom is 0.257 e. The van der Waals surface area contributed by atoms with Crippen LogP contribution in [0.1, 0.15) is 68.1 Å². The van der Waals surface area contributed by atoms with Crippen LogP contribution in [0.15, 0.2) is 24.3 Å². The van der Waals surface area contributed by atoms with Crippen molar-refractivity contribution in [3.63, 3.8) is 0 Å². The van der Waals surface area contributed by atoms with Crippen molar-refractivity contribution in [1.82, 2.24) is 9.80 Å². The zero-order valence-electron chi connectivity index (χ0n) is 18.6. The predicted octanol–water partition coefficient (Wildman–Crippen LogP) is 3.48. The van der Waals surface area contributed by atoms with Crippen LogP contribution in [0.3, 0.4) is 0 Å². The van der Waals surface area contributed by atoms with Crippen LogP contribution >= 0.6 is 0 Å². The van der Waals surface area contributed by atoms with Gasteiger partial charge in [0.15, 0.2) is 0 Å². The highest BCUT2D eigenvalue weighted by molar-refractivity contribution is 5.97. The molecule has 0 aromatic heterocycles. The van der Waals surface area contributed by atoms with Crippen LogP contribution < -0.4 is 4.74 Å². The Balaban J connectivity index is 1.54. The minimum absolute atomic E-state index is 0.00380. The van der Waals surface area contributed by atoms with E-state index >= 15 is 0 Å². The normalized spacial score (nSPS) is 23.1. The second-order valence-electron chi connectivity index (χ2n) is 9.56. The molecule has 4 aliphatic rings. The van der Waals surface area contributed by atoms with E-state index in [9.17, 15) is 14.7 Å². The van der Waals surface area contributed by atoms with E-state index < -0.39 is 0 Å². The Labute approximate surface area is 185 Å². The molecule has 170 valence electrons. The van der Waals surface area contributed by atoms with Gasteiger partial charge in [-0.3, -0.25) is 9.59 Å². The van der Waals surface area contributed by atoms with Crippen LogP contribution in [0, 0.1) is 11.3 Å². The smallest absolute Gasteiger partial charge is 0.257 e. The van der Waals surface area contributed by atoms with Crippen molar-refractivity contribution < 1.29 is 19.4 Å². The molecule has 5 rings (SSSR count). The largest absolute Gasteiger partial charge is 0.491 e. The van der Waals surface area contributed by atoms with E-state index in [1.165, 1.54) is 0 Å². The third-order valence-corrected chi connectivity index (χ3v) is 7.58. The summed E-state index contributed by atoms with van der Waals surface area (Å²) < 4.78 is 6.04. The van der Waals surface area contributed by atoms with Crippen molar-refractivity contribution in [1.29, 1.82) is 0 Å². The van der Waals surface area contributed by atoms with Gasteiger partial charge in [0.1, 0.15) is 12.4 Å². The average Bonchev–Trinajstić information content (AvgIpc) is 3.35. The van der Waals surface area contributed by atoms with Gasteiger partial charge < -0.3 is 19.6 Å². The van der Waals surface area contributed by atoms with E-state index in [1.54, 1.807) is 0 Å². The minimum atomic E-state index is -0.104.